The van der Waals surface area contributed by atoms with Gasteiger partial charge in [-0.15, -0.1) is 10.2 Å². The largest absolute Gasteiger partial charge is 0.480 e. The van der Waals surface area contributed by atoms with Crippen LogP contribution in [0.5, 0.6) is 0 Å². The van der Waals surface area contributed by atoms with E-state index in [1.54, 1.807) is 4.57 Å². The Hall–Kier alpha value is -1.39. The third kappa shape index (κ3) is 1.92. The molecule has 1 aromatic heterocycles. The Kier molecular flexibility index (Phi) is 2.47. The van der Waals surface area contributed by atoms with E-state index in [-0.39, 0.29) is 6.54 Å². The molecule has 5 heteroatoms. The van der Waals surface area contributed by atoms with Crippen molar-refractivity contribution in [3.05, 3.63) is 12.2 Å². The molecule has 1 saturated carbocycles. The Bertz CT molecular complexity index is 331. The van der Waals surface area contributed by atoms with E-state index in [0.29, 0.717) is 5.92 Å². The molecule has 0 spiro atoms. The second-order valence-electron chi connectivity index (χ2n) is 3.77. The number of rotatable bonds is 4. The zero-order chi connectivity index (χ0) is 9.97. The van der Waals surface area contributed by atoms with Crippen LogP contribution in [0.1, 0.15) is 25.1 Å². The van der Waals surface area contributed by atoms with E-state index in [9.17, 15) is 4.79 Å². The first-order valence-electron chi connectivity index (χ1n) is 4.84. The van der Waals surface area contributed by atoms with Crippen LogP contribution in [-0.4, -0.2) is 25.8 Å². The lowest BCUT2D eigenvalue weighted by atomic mass is 9.83. The molecule has 1 aliphatic rings. The van der Waals surface area contributed by atoms with E-state index < -0.39 is 5.97 Å². The van der Waals surface area contributed by atoms with Gasteiger partial charge in [-0.05, 0) is 5.92 Å². The number of nitrogens with zero attached hydrogens (tertiary/aromatic N) is 3. The predicted molar refractivity (Wildman–Crippen MR) is 48.7 cm³/mol. The number of aromatic nitrogens is 3. The minimum Gasteiger partial charge on any atom is -0.480 e. The number of carboxylic acid groups (broad SMARTS) is 1. The zero-order valence-corrected chi connectivity index (χ0v) is 7.89. The Labute approximate surface area is 81.8 Å². The number of carboxylic acids is 1. The Morgan fingerprint density at radius 2 is 2.43 bits per heavy atom. The van der Waals surface area contributed by atoms with Gasteiger partial charge < -0.3 is 9.67 Å². The van der Waals surface area contributed by atoms with Gasteiger partial charge in [-0.1, -0.05) is 19.3 Å². The Morgan fingerprint density at radius 3 is 3.00 bits per heavy atom. The lowest BCUT2D eigenvalue weighted by Gasteiger charge is -2.24. The summed E-state index contributed by atoms with van der Waals surface area (Å²) in [6, 6.07) is 0. The summed E-state index contributed by atoms with van der Waals surface area (Å²) in [6.07, 6.45) is 6.12. The molecule has 1 N–H and O–H groups in total. The minimum absolute atomic E-state index is 0.0327. The van der Waals surface area contributed by atoms with Gasteiger partial charge in [-0.25, -0.2) is 0 Å². The van der Waals surface area contributed by atoms with Crippen molar-refractivity contribution in [1.82, 2.24) is 14.8 Å². The first-order valence-corrected chi connectivity index (χ1v) is 4.84. The van der Waals surface area contributed by atoms with Crippen LogP contribution in [0.4, 0.5) is 0 Å². The van der Waals surface area contributed by atoms with E-state index in [0.717, 1.165) is 12.2 Å². The first kappa shape index (κ1) is 9.18. The summed E-state index contributed by atoms with van der Waals surface area (Å²) < 4.78 is 1.61. The van der Waals surface area contributed by atoms with Crippen LogP contribution in [0.3, 0.4) is 0 Å². The zero-order valence-electron chi connectivity index (χ0n) is 7.89. The van der Waals surface area contributed by atoms with Crippen LogP contribution >= 0.6 is 0 Å². The molecule has 76 valence electrons. The minimum atomic E-state index is -0.848. The standard InChI is InChI=1S/C9H13N3O2/c13-9(14)5-12-6-10-11-8(12)4-7-2-1-3-7/h6-7H,1-5H2,(H,13,14). The van der Waals surface area contributed by atoms with Gasteiger partial charge in [0.15, 0.2) is 0 Å². The summed E-state index contributed by atoms with van der Waals surface area (Å²) in [7, 11) is 0. The van der Waals surface area contributed by atoms with E-state index in [1.165, 1.54) is 25.6 Å². The van der Waals surface area contributed by atoms with E-state index in [2.05, 4.69) is 10.2 Å². The highest BCUT2D eigenvalue weighted by Gasteiger charge is 2.20. The third-order valence-electron chi connectivity index (χ3n) is 2.70. The average Bonchev–Trinajstić information content (AvgIpc) is 2.44. The molecule has 1 aromatic rings. The smallest absolute Gasteiger partial charge is 0.323 e. The Morgan fingerprint density at radius 1 is 1.64 bits per heavy atom. The summed E-state index contributed by atoms with van der Waals surface area (Å²) in [5.41, 5.74) is 0. The monoisotopic (exact) mass is 195 g/mol. The van der Waals surface area contributed by atoms with Crippen molar-refractivity contribution in [1.29, 1.82) is 0 Å². The molecule has 0 bridgehead atoms. The number of aliphatic carboxylic acids is 1. The van der Waals surface area contributed by atoms with Crippen molar-refractivity contribution < 1.29 is 9.90 Å². The van der Waals surface area contributed by atoms with E-state index >= 15 is 0 Å². The lowest BCUT2D eigenvalue weighted by Crippen LogP contribution is -2.18. The van der Waals surface area contributed by atoms with Crippen LogP contribution < -0.4 is 0 Å². The fourth-order valence-corrected chi connectivity index (χ4v) is 1.67. The second kappa shape index (κ2) is 3.77. The van der Waals surface area contributed by atoms with Gasteiger partial charge >= 0.3 is 5.97 Å². The van der Waals surface area contributed by atoms with Crippen molar-refractivity contribution in [3.8, 4) is 0 Å². The van der Waals surface area contributed by atoms with Crippen molar-refractivity contribution in [3.63, 3.8) is 0 Å². The highest BCUT2D eigenvalue weighted by molar-refractivity contribution is 5.66. The fraction of sp³-hybridized carbons (Fsp3) is 0.667. The topological polar surface area (TPSA) is 68.0 Å². The molecular formula is C9H13N3O2. The molecule has 0 radical (unpaired) electrons. The molecule has 1 heterocycles. The molecule has 0 aromatic carbocycles. The molecule has 0 amide bonds. The first-order chi connectivity index (χ1) is 6.75. The van der Waals surface area contributed by atoms with Crippen molar-refractivity contribution >= 4 is 5.97 Å². The van der Waals surface area contributed by atoms with Crippen LogP contribution in [0.2, 0.25) is 0 Å². The second-order valence-corrected chi connectivity index (χ2v) is 3.77. The highest BCUT2D eigenvalue weighted by atomic mass is 16.4. The molecule has 1 aliphatic carbocycles. The van der Waals surface area contributed by atoms with Crippen molar-refractivity contribution in [2.75, 3.05) is 0 Å². The summed E-state index contributed by atoms with van der Waals surface area (Å²) in [4.78, 5) is 10.5. The molecule has 5 nitrogen and oxygen atoms in total. The maximum absolute atomic E-state index is 10.5. The van der Waals surface area contributed by atoms with Gasteiger partial charge in [0.25, 0.3) is 0 Å². The fourth-order valence-electron chi connectivity index (χ4n) is 1.67. The molecule has 14 heavy (non-hydrogen) atoms. The summed E-state index contributed by atoms with van der Waals surface area (Å²) in [5, 5.41) is 16.3. The summed E-state index contributed by atoms with van der Waals surface area (Å²) in [5.74, 6) is 0.642. The summed E-state index contributed by atoms with van der Waals surface area (Å²) >= 11 is 0. The van der Waals surface area contributed by atoms with Crippen molar-refractivity contribution in [2.24, 2.45) is 5.92 Å². The van der Waals surface area contributed by atoms with Gasteiger partial charge in [-0.2, -0.15) is 0 Å². The Balaban J connectivity index is 2.00. The SMILES string of the molecule is O=C(O)Cn1cnnc1CC1CCC1. The molecule has 0 saturated heterocycles. The number of hydrogen-bond acceptors (Lipinski definition) is 3. The van der Waals surface area contributed by atoms with Crippen LogP contribution in [0, 0.1) is 5.92 Å². The maximum Gasteiger partial charge on any atom is 0.323 e. The molecule has 1 fully saturated rings. The van der Waals surface area contributed by atoms with Crippen molar-refractivity contribution in [2.45, 2.75) is 32.2 Å². The number of carbonyl (C=O) groups is 1. The molecular weight excluding hydrogens is 182 g/mol. The normalized spacial score (nSPS) is 16.6. The quantitative estimate of drug-likeness (QED) is 0.768. The van der Waals surface area contributed by atoms with Crippen LogP contribution in [-0.2, 0) is 17.8 Å². The molecule has 2 rings (SSSR count). The predicted octanol–water partition coefficient (Wildman–Crippen LogP) is 0.705. The average molecular weight is 195 g/mol. The van der Waals surface area contributed by atoms with Crippen LogP contribution in [0.15, 0.2) is 6.33 Å². The van der Waals surface area contributed by atoms with Crippen LogP contribution in [0.25, 0.3) is 0 Å². The highest BCUT2D eigenvalue weighted by Crippen LogP contribution is 2.28. The lowest BCUT2D eigenvalue weighted by molar-refractivity contribution is -0.137. The van der Waals surface area contributed by atoms with Gasteiger partial charge in [-0.3, -0.25) is 4.79 Å². The van der Waals surface area contributed by atoms with E-state index in [4.69, 9.17) is 5.11 Å². The van der Waals surface area contributed by atoms with Gasteiger partial charge in [0.1, 0.15) is 18.7 Å². The van der Waals surface area contributed by atoms with Gasteiger partial charge in [0, 0.05) is 6.42 Å². The molecule has 0 unspecified atom stereocenters. The van der Waals surface area contributed by atoms with E-state index in [1.807, 2.05) is 0 Å². The summed E-state index contributed by atoms with van der Waals surface area (Å²) in [6.45, 7) is -0.0327. The third-order valence-corrected chi connectivity index (χ3v) is 2.70. The maximum atomic E-state index is 10.5. The molecule has 0 aliphatic heterocycles. The van der Waals surface area contributed by atoms with Gasteiger partial charge in [0.05, 0.1) is 0 Å². The molecule has 0 atom stereocenters. The van der Waals surface area contributed by atoms with Gasteiger partial charge in [0.2, 0.25) is 0 Å². The number of hydrogen-bond donors (Lipinski definition) is 1.